The molecule has 5 rings (SSSR count). The lowest BCUT2D eigenvalue weighted by Gasteiger charge is -2.57. The van der Waals surface area contributed by atoms with Crippen LogP contribution in [-0.4, -0.2) is 44.6 Å². The SMILES string of the molecule is C=C(Cn1ncnn1)[C@H]1CC[C@H]2[C@@H]3CC[C@@H]4C[C@](O)(COC)CC[C@@H]4[C@H]3CC[C@]12C. The molecular weight excluding hydrogens is 376 g/mol. The Morgan fingerprint density at radius 1 is 1.13 bits per heavy atom. The monoisotopic (exact) mass is 414 g/mol. The predicted octanol–water partition coefficient (Wildman–Crippen LogP) is 3.88. The van der Waals surface area contributed by atoms with E-state index in [2.05, 4.69) is 28.9 Å². The molecule has 0 unspecified atom stereocenters. The Labute approximate surface area is 180 Å². The van der Waals surface area contributed by atoms with E-state index in [-0.39, 0.29) is 0 Å². The molecule has 0 radical (unpaired) electrons. The molecule has 0 aliphatic heterocycles. The smallest absolute Gasteiger partial charge is 0.162 e. The molecule has 1 N–H and O–H groups in total. The zero-order valence-corrected chi connectivity index (χ0v) is 18.7. The van der Waals surface area contributed by atoms with Gasteiger partial charge in [-0.2, -0.15) is 4.80 Å². The average Bonchev–Trinajstić information content (AvgIpc) is 3.34. The molecule has 1 heterocycles. The maximum absolute atomic E-state index is 10.9. The molecule has 0 bridgehead atoms. The van der Waals surface area contributed by atoms with E-state index in [4.69, 9.17) is 4.74 Å². The van der Waals surface area contributed by atoms with Crippen LogP contribution < -0.4 is 0 Å². The lowest BCUT2D eigenvalue weighted by molar-refractivity contribution is -0.123. The van der Waals surface area contributed by atoms with Gasteiger partial charge in [0.2, 0.25) is 0 Å². The van der Waals surface area contributed by atoms with Crippen molar-refractivity contribution in [1.29, 1.82) is 0 Å². The van der Waals surface area contributed by atoms with Crippen molar-refractivity contribution in [1.82, 2.24) is 20.2 Å². The summed E-state index contributed by atoms with van der Waals surface area (Å²) in [5.74, 6) is 4.62. The molecule has 0 aromatic carbocycles. The minimum Gasteiger partial charge on any atom is -0.387 e. The number of hydrogen-bond donors (Lipinski definition) is 1. The highest BCUT2D eigenvalue weighted by atomic mass is 16.5. The molecule has 4 saturated carbocycles. The summed E-state index contributed by atoms with van der Waals surface area (Å²) in [7, 11) is 1.71. The van der Waals surface area contributed by atoms with Crippen molar-refractivity contribution in [2.45, 2.75) is 76.9 Å². The van der Waals surface area contributed by atoms with Gasteiger partial charge >= 0.3 is 0 Å². The molecule has 1 aromatic rings. The highest BCUT2D eigenvalue weighted by molar-refractivity contribution is 5.15. The van der Waals surface area contributed by atoms with Gasteiger partial charge in [-0.1, -0.05) is 19.1 Å². The fourth-order valence-corrected chi connectivity index (χ4v) is 8.59. The largest absolute Gasteiger partial charge is 0.387 e. The van der Waals surface area contributed by atoms with Crippen LogP contribution in [0.3, 0.4) is 0 Å². The van der Waals surface area contributed by atoms with Crippen LogP contribution in [0.2, 0.25) is 0 Å². The second-order valence-electron chi connectivity index (χ2n) is 11.1. The maximum atomic E-state index is 10.9. The molecule has 4 fully saturated rings. The second-order valence-corrected chi connectivity index (χ2v) is 11.1. The van der Waals surface area contributed by atoms with Gasteiger partial charge in [0.05, 0.1) is 18.8 Å². The molecule has 0 saturated heterocycles. The van der Waals surface area contributed by atoms with E-state index in [0.717, 1.165) is 36.5 Å². The van der Waals surface area contributed by atoms with E-state index in [9.17, 15) is 5.11 Å². The summed E-state index contributed by atoms with van der Waals surface area (Å²) < 4.78 is 5.34. The summed E-state index contributed by atoms with van der Waals surface area (Å²) in [5, 5.41) is 23.0. The van der Waals surface area contributed by atoms with Gasteiger partial charge in [-0.3, -0.25) is 0 Å². The number of tetrazole rings is 1. The van der Waals surface area contributed by atoms with E-state index in [1.54, 1.807) is 11.9 Å². The van der Waals surface area contributed by atoms with Gasteiger partial charge < -0.3 is 9.84 Å². The Morgan fingerprint density at radius 3 is 2.73 bits per heavy atom. The summed E-state index contributed by atoms with van der Waals surface area (Å²) in [6.07, 6.45) is 12.5. The first kappa shape index (κ1) is 20.6. The molecule has 166 valence electrons. The minimum absolute atomic E-state index is 0.372. The molecule has 6 nitrogen and oxygen atoms in total. The maximum Gasteiger partial charge on any atom is 0.162 e. The number of aromatic nitrogens is 4. The Bertz CT molecular complexity index is 767. The van der Waals surface area contributed by atoms with Gasteiger partial charge in [0.25, 0.3) is 0 Å². The summed E-state index contributed by atoms with van der Waals surface area (Å²) in [5.41, 5.74) is 1.07. The van der Waals surface area contributed by atoms with Crippen LogP contribution in [0.15, 0.2) is 18.5 Å². The average molecular weight is 415 g/mol. The first-order chi connectivity index (χ1) is 14.4. The lowest BCUT2D eigenvalue weighted by atomic mass is 9.48. The molecule has 4 aliphatic rings. The zero-order valence-electron chi connectivity index (χ0n) is 18.7. The Balaban J connectivity index is 1.29. The number of hydrogen-bond acceptors (Lipinski definition) is 5. The normalized spacial score (nSPS) is 45.4. The molecule has 6 heteroatoms. The van der Waals surface area contributed by atoms with Crippen LogP contribution in [-0.2, 0) is 11.3 Å². The molecule has 8 atom stereocenters. The molecule has 1 aromatic heterocycles. The highest BCUT2D eigenvalue weighted by Crippen LogP contribution is 2.65. The lowest BCUT2D eigenvalue weighted by Crippen LogP contribution is -2.52. The fourth-order valence-electron chi connectivity index (χ4n) is 8.59. The fraction of sp³-hybridized carbons (Fsp3) is 0.875. The van der Waals surface area contributed by atoms with Gasteiger partial charge in [0.15, 0.2) is 6.33 Å². The minimum atomic E-state index is -0.586. The van der Waals surface area contributed by atoms with Crippen LogP contribution in [0.5, 0.6) is 0 Å². The molecule has 30 heavy (non-hydrogen) atoms. The van der Waals surface area contributed by atoms with Crippen molar-refractivity contribution in [2.24, 2.45) is 40.9 Å². The number of fused-ring (bicyclic) bond motifs is 5. The van der Waals surface area contributed by atoms with E-state index >= 15 is 0 Å². The summed E-state index contributed by atoms with van der Waals surface area (Å²) >= 11 is 0. The number of aliphatic hydroxyl groups is 1. The number of methoxy groups -OCH3 is 1. The third-order valence-electron chi connectivity index (χ3n) is 9.75. The third kappa shape index (κ3) is 3.35. The molecule has 0 amide bonds. The van der Waals surface area contributed by atoms with Crippen molar-refractivity contribution >= 4 is 0 Å². The van der Waals surface area contributed by atoms with Crippen molar-refractivity contribution < 1.29 is 9.84 Å². The third-order valence-corrected chi connectivity index (χ3v) is 9.75. The van der Waals surface area contributed by atoms with E-state index in [1.807, 2.05) is 0 Å². The topological polar surface area (TPSA) is 73.1 Å². The van der Waals surface area contributed by atoms with Gasteiger partial charge in [-0.25, -0.2) is 0 Å². The summed E-state index contributed by atoms with van der Waals surface area (Å²) in [4.78, 5) is 1.68. The van der Waals surface area contributed by atoms with Gasteiger partial charge in [-0.15, -0.1) is 10.2 Å². The van der Waals surface area contributed by atoms with Crippen LogP contribution in [0.4, 0.5) is 0 Å². The summed E-state index contributed by atoms with van der Waals surface area (Å²) in [6, 6.07) is 0. The Kier molecular flexibility index (Phi) is 5.29. The van der Waals surface area contributed by atoms with Crippen LogP contribution in [0.1, 0.15) is 64.7 Å². The first-order valence-electron chi connectivity index (χ1n) is 12.0. The number of nitrogens with zero attached hydrogens (tertiary/aromatic N) is 4. The van der Waals surface area contributed by atoms with Crippen molar-refractivity contribution in [3.63, 3.8) is 0 Å². The predicted molar refractivity (Wildman–Crippen MR) is 114 cm³/mol. The number of allylic oxidation sites excluding steroid dienone is 1. The standard InChI is InChI=1S/C24H38N4O2/c1-16(13-28-26-15-25-27-28)21-6-7-22-20-5-4-17-12-24(29,14-30-3)11-9-18(17)19(20)8-10-23(21,22)2/h15,17-22,29H,1,4-14H2,2-3H3/t17-,18+,19-,20-,21-,22+,23-,24+/m1/s1. The van der Waals surface area contributed by atoms with Crippen molar-refractivity contribution in [2.75, 3.05) is 13.7 Å². The quantitative estimate of drug-likeness (QED) is 0.741. The summed E-state index contributed by atoms with van der Waals surface area (Å²) in [6.45, 7) is 8.23. The Morgan fingerprint density at radius 2 is 1.97 bits per heavy atom. The number of rotatable bonds is 5. The van der Waals surface area contributed by atoms with Gasteiger partial charge in [-0.05, 0) is 104 Å². The van der Waals surface area contributed by atoms with Crippen LogP contribution >= 0.6 is 0 Å². The van der Waals surface area contributed by atoms with E-state index < -0.39 is 5.60 Å². The zero-order chi connectivity index (χ0) is 20.9. The molecular formula is C24H38N4O2. The van der Waals surface area contributed by atoms with Gasteiger partial charge in [0, 0.05) is 7.11 Å². The second kappa shape index (κ2) is 7.70. The van der Waals surface area contributed by atoms with Crippen LogP contribution in [0, 0.1) is 40.9 Å². The van der Waals surface area contributed by atoms with Crippen molar-refractivity contribution in [3.05, 3.63) is 18.5 Å². The van der Waals surface area contributed by atoms with Gasteiger partial charge in [0.1, 0.15) is 0 Å². The van der Waals surface area contributed by atoms with Crippen LogP contribution in [0.25, 0.3) is 0 Å². The Hall–Kier alpha value is -1.27. The number of ether oxygens (including phenoxy) is 1. The van der Waals surface area contributed by atoms with E-state index in [1.165, 1.54) is 56.8 Å². The van der Waals surface area contributed by atoms with Crippen molar-refractivity contribution in [3.8, 4) is 0 Å². The highest BCUT2D eigenvalue weighted by Gasteiger charge is 2.58. The first-order valence-corrected chi connectivity index (χ1v) is 12.0. The molecule has 4 aliphatic carbocycles. The molecule has 0 spiro atoms. The van der Waals surface area contributed by atoms with E-state index in [0.29, 0.717) is 30.4 Å².